The summed E-state index contributed by atoms with van der Waals surface area (Å²) >= 11 is 5.79. The fraction of sp³-hybridized carbons (Fsp3) is 0.368. The Bertz CT molecular complexity index is 703. The number of rotatable bonds is 9. The van der Waals surface area contributed by atoms with Crippen LogP contribution in [0.1, 0.15) is 30.9 Å². The van der Waals surface area contributed by atoms with Crippen LogP contribution in [0.5, 0.6) is 11.6 Å². The molecule has 0 radical (unpaired) electrons. The van der Waals surface area contributed by atoms with Gasteiger partial charge in [-0.1, -0.05) is 17.7 Å². The molecule has 0 aliphatic heterocycles. The van der Waals surface area contributed by atoms with E-state index >= 15 is 0 Å². The predicted molar refractivity (Wildman–Crippen MR) is 96.6 cm³/mol. The van der Waals surface area contributed by atoms with E-state index in [0.717, 1.165) is 16.9 Å². The monoisotopic (exact) mass is 363 g/mol. The molecule has 1 atom stereocenters. The molecule has 0 aliphatic carbocycles. The Labute approximate surface area is 152 Å². The minimum atomic E-state index is -0.788. The SMILES string of the molecule is Cc1cc(OCC[C@@H](C)Oc2ccc(Cl)cn2)ccc1CCC(=O)O. The number of aromatic nitrogens is 1. The third-order valence-corrected chi connectivity index (χ3v) is 3.96. The number of nitrogens with zero attached hydrogens (tertiary/aromatic N) is 1. The number of carbonyl (C=O) groups is 1. The van der Waals surface area contributed by atoms with Crippen LogP contribution in [-0.4, -0.2) is 28.8 Å². The standard InChI is InChI=1S/C19H22ClNO4/c1-13-11-17(6-3-15(13)4-8-19(22)23)24-10-9-14(2)25-18-7-5-16(20)12-21-18/h3,5-7,11-12,14H,4,8-10H2,1-2H3,(H,22,23)/t14-/m1/s1. The number of aliphatic carboxylic acids is 1. The van der Waals surface area contributed by atoms with Crippen molar-refractivity contribution in [2.75, 3.05) is 6.61 Å². The van der Waals surface area contributed by atoms with Crippen LogP contribution in [0.2, 0.25) is 5.02 Å². The van der Waals surface area contributed by atoms with Crippen molar-refractivity contribution in [2.24, 2.45) is 0 Å². The fourth-order valence-electron chi connectivity index (χ4n) is 2.32. The lowest BCUT2D eigenvalue weighted by atomic mass is 10.0. The minimum absolute atomic E-state index is 0.0374. The van der Waals surface area contributed by atoms with E-state index in [9.17, 15) is 4.79 Å². The average molecular weight is 364 g/mol. The zero-order valence-corrected chi connectivity index (χ0v) is 15.1. The normalized spacial score (nSPS) is 11.8. The first-order valence-corrected chi connectivity index (χ1v) is 8.54. The summed E-state index contributed by atoms with van der Waals surface area (Å²) in [6, 6.07) is 9.20. The van der Waals surface area contributed by atoms with E-state index in [1.54, 1.807) is 18.3 Å². The van der Waals surface area contributed by atoms with E-state index in [2.05, 4.69) is 4.98 Å². The van der Waals surface area contributed by atoms with E-state index < -0.39 is 5.97 Å². The smallest absolute Gasteiger partial charge is 0.303 e. The van der Waals surface area contributed by atoms with Gasteiger partial charge in [-0.2, -0.15) is 0 Å². The van der Waals surface area contributed by atoms with E-state index in [1.165, 1.54) is 0 Å². The molecule has 5 nitrogen and oxygen atoms in total. The van der Waals surface area contributed by atoms with Gasteiger partial charge in [0, 0.05) is 25.1 Å². The number of pyridine rings is 1. The second-order valence-electron chi connectivity index (χ2n) is 5.86. The first-order chi connectivity index (χ1) is 11.9. The number of benzene rings is 1. The van der Waals surface area contributed by atoms with Gasteiger partial charge in [-0.3, -0.25) is 4.79 Å². The van der Waals surface area contributed by atoms with Crippen molar-refractivity contribution in [2.45, 2.75) is 39.2 Å². The lowest BCUT2D eigenvalue weighted by Gasteiger charge is -2.15. The van der Waals surface area contributed by atoms with Crippen LogP contribution >= 0.6 is 11.6 Å². The molecule has 1 heterocycles. The highest BCUT2D eigenvalue weighted by Crippen LogP contribution is 2.19. The van der Waals surface area contributed by atoms with Crippen molar-refractivity contribution < 1.29 is 19.4 Å². The van der Waals surface area contributed by atoms with Gasteiger partial charge < -0.3 is 14.6 Å². The molecule has 0 saturated carbocycles. The number of hydrogen-bond acceptors (Lipinski definition) is 4. The number of ether oxygens (including phenoxy) is 2. The maximum Gasteiger partial charge on any atom is 0.303 e. The molecule has 1 aromatic heterocycles. The lowest BCUT2D eigenvalue weighted by Crippen LogP contribution is -2.16. The van der Waals surface area contributed by atoms with Crippen LogP contribution in [0.25, 0.3) is 0 Å². The molecule has 134 valence electrons. The summed E-state index contributed by atoms with van der Waals surface area (Å²) in [5.41, 5.74) is 2.06. The van der Waals surface area contributed by atoms with Crippen molar-refractivity contribution in [1.29, 1.82) is 0 Å². The van der Waals surface area contributed by atoms with Gasteiger partial charge in [0.1, 0.15) is 11.9 Å². The number of carboxylic acids is 1. The van der Waals surface area contributed by atoms with E-state index in [0.29, 0.717) is 30.4 Å². The number of hydrogen-bond donors (Lipinski definition) is 1. The van der Waals surface area contributed by atoms with Crippen LogP contribution in [0.3, 0.4) is 0 Å². The summed E-state index contributed by atoms with van der Waals surface area (Å²) in [6.07, 6.45) is 2.89. The number of carboxylic acid groups (broad SMARTS) is 1. The molecule has 0 aliphatic rings. The molecule has 0 bridgehead atoms. The van der Waals surface area contributed by atoms with E-state index in [-0.39, 0.29) is 12.5 Å². The largest absolute Gasteiger partial charge is 0.493 e. The first-order valence-electron chi connectivity index (χ1n) is 8.16. The molecule has 0 unspecified atom stereocenters. The Balaban J connectivity index is 1.77. The first kappa shape index (κ1) is 19.1. The van der Waals surface area contributed by atoms with Crippen molar-refractivity contribution in [3.8, 4) is 11.6 Å². The Morgan fingerprint density at radius 1 is 1.32 bits per heavy atom. The Kier molecular flexibility index (Phi) is 7.07. The second kappa shape index (κ2) is 9.28. The van der Waals surface area contributed by atoms with Crippen molar-refractivity contribution in [3.63, 3.8) is 0 Å². The molecular weight excluding hydrogens is 342 g/mol. The fourth-order valence-corrected chi connectivity index (χ4v) is 2.43. The van der Waals surface area contributed by atoms with Crippen LogP contribution in [0.15, 0.2) is 36.5 Å². The molecule has 0 fully saturated rings. The zero-order valence-electron chi connectivity index (χ0n) is 14.4. The maximum atomic E-state index is 10.7. The lowest BCUT2D eigenvalue weighted by molar-refractivity contribution is -0.136. The van der Waals surface area contributed by atoms with Crippen LogP contribution in [0.4, 0.5) is 0 Å². The van der Waals surface area contributed by atoms with Gasteiger partial charge in [0.05, 0.1) is 11.6 Å². The van der Waals surface area contributed by atoms with Gasteiger partial charge in [0.15, 0.2) is 0 Å². The molecule has 1 N–H and O–H groups in total. The molecular formula is C19H22ClNO4. The summed E-state index contributed by atoms with van der Waals surface area (Å²) in [5, 5.41) is 9.33. The Morgan fingerprint density at radius 2 is 2.12 bits per heavy atom. The molecule has 25 heavy (non-hydrogen) atoms. The van der Waals surface area contributed by atoms with Gasteiger partial charge in [0.25, 0.3) is 0 Å². The topological polar surface area (TPSA) is 68.7 Å². The van der Waals surface area contributed by atoms with Crippen molar-refractivity contribution in [3.05, 3.63) is 52.7 Å². The van der Waals surface area contributed by atoms with Crippen molar-refractivity contribution in [1.82, 2.24) is 4.98 Å². The molecule has 0 saturated heterocycles. The van der Waals surface area contributed by atoms with Gasteiger partial charge in [0.2, 0.25) is 5.88 Å². The summed E-state index contributed by atoms with van der Waals surface area (Å²) < 4.78 is 11.5. The van der Waals surface area contributed by atoms with Crippen LogP contribution < -0.4 is 9.47 Å². The highest BCUT2D eigenvalue weighted by molar-refractivity contribution is 6.30. The van der Waals surface area contributed by atoms with Gasteiger partial charge >= 0.3 is 5.97 Å². The maximum absolute atomic E-state index is 10.7. The number of aryl methyl sites for hydroxylation is 2. The second-order valence-corrected chi connectivity index (χ2v) is 6.30. The van der Waals surface area contributed by atoms with Gasteiger partial charge in [-0.15, -0.1) is 0 Å². The number of halogens is 1. The molecule has 2 aromatic rings. The highest BCUT2D eigenvalue weighted by atomic mass is 35.5. The van der Waals surface area contributed by atoms with E-state index in [4.69, 9.17) is 26.2 Å². The summed E-state index contributed by atoms with van der Waals surface area (Å²) in [4.78, 5) is 14.8. The van der Waals surface area contributed by atoms with E-state index in [1.807, 2.05) is 32.0 Å². The predicted octanol–water partition coefficient (Wildman–Crippen LogP) is 4.30. The van der Waals surface area contributed by atoms with Crippen LogP contribution in [0, 0.1) is 6.92 Å². The van der Waals surface area contributed by atoms with Crippen molar-refractivity contribution >= 4 is 17.6 Å². The zero-order chi connectivity index (χ0) is 18.2. The van der Waals surface area contributed by atoms with Gasteiger partial charge in [-0.25, -0.2) is 4.98 Å². The van der Waals surface area contributed by atoms with Gasteiger partial charge in [-0.05, 0) is 49.6 Å². The Morgan fingerprint density at radius 3 is 2.76 bits per heavy atom. The van der Waals surface area contributed by atoms with Crippen LogP contribution in [-0.2, 0) is 11.2 Å². The third-order valence-electron chi connectivity index (χ3n) is 3.74. The highest BCUT2D eigenvalue weighted by Gasteiger charge is 2.07. The molecule has 2 rings (SSSR count). The molecule has 0 amide bonds. The summed E-state index contributed by atoms with van der Waals surface area (Å²) in [5.74, 6) is 0.521. The molecule has 6 heteroatoms. The molecule has 0 spiro atoms. The third kappa shape index (κ3) is 6.63. The quantitative estimate of drug-likeness (QED) is 0.719. The minimum Gasteiger partial charge on any atom is -0.493 e. The summed E-state index contributed by atoms with van der Waals surface area (Å²) in [7, 11) is 0. The molecule has 1 aromatic carbocycles. The average Bonchev–Trinajstić information content (AvgIpc) is 2.56. The summed E-state index contributed by atoms with van der Waals surface area (Å²) in [6.45, 7) is 4.44. The Hall–Kier alpha value is -2.27.